The standard InChI is InChI=1S/C32H36N2O2/c35-30(22-21-26-13-5-1-6-14-26)34(25-28-17-9-3-10-18-28)31(29-19-11-4-12-20-29)32(36)33-24-23-27-15-7-2-8-16-27/h1,3-6,9-15,17-20,31H,2,7-8,16,21-25H2,(H,33,36)/t31-/m0/s1. The van der Waals surface area contributed by atoms with Crippen molar-refractivity contribution in [2.45, 2.75) is 57.5 Å². The van der Waals surface area contributed by atoms with E-state index in [2.05, 4.69) is 11.4 Å². The number of carbonyl (C=O) groups is 2. The average Bonchev–Trinajstić information content (AvgIpc) is 2.94. The molecule has 1 N–H and O–H groups in total. The number of hydrogen-bond donors (Lipinski definition) is 1. The molecule has 0 aliphatic heterocycles. The molecule has 0 saturated carbocycles. The Morgan fingerprint density at radius 2 is 1.42 bits per heavy atom. The Morgan fingerprint density at radius 3 is 2.06 bits per heavy atom. The molecule has 1 atom stereocenters. The van der Waals surface area contributed by atoms with Gasteiger partial charge < -0.3 is 10.2 Å². The van der Waals surface area contributed by atoms with Crippen LogP contribution in [0.3, 0.4) is 0 Å². The fourth-order valence-electron chi connectivity index (χ4n) is 4.83. The molecule has 0 bridgehead atoms. The quantitative estimate of drug-likeness (QED) is 0.323. The lowest BCUT2D eigenvalue weighted by atomic mass is 9.97. The number of nitrogens with zero attached hydrogens (tertiary/aromatic N) is 1. The lowest BCUT2D eigenvalue weighted by Crippen LogP contribution is -2.43. The molecule has 3 aromatic carbocycles. The molecule has 4 rings (SSSR count). The fourth-order valence-corrected chi connectivity index (χ4v) is 4.83. The Morgan fingerprint density at radius 1 is 0.778 bits per heavy atom. The van der Waals surface area contributed by atoms with E-state index in [0.717, 1.165) is 36.0 Å². The third-order valence-electron chi connectivity index (χ3n) is 6.79. The van der Waals surface area contributed by atoms with Gasteiger partial charge in [0.2, 0.25) is 11.8 Å². The minimum atomic E-state index is -0.685. The molecule has 0 saturated heterocycles. The summed E-state index contributed by atoms with van der Waals surface area (Å²) in [7, 11) is 0. The van der Waals surface area contributed by atoms with Gasteiger partial charge in [-0.2, -0.15) is 0 Å². The van der Waals surface area contributed by atoms with Gasteiger partial charge in [-0.1, -0.05) is 103 Å². The van der Waals surface area contributed by atoms with E-state index >= 15 is 0 Å². The van der Waals surface area contributed by atoms with Crippen LogP contribution >= 0.6 is 0 Å². The van der Waals surface area contributed by atoms with Gasteiger partial charge in [-0.05, 0) is 55.2 Å². The number of hydrogen-bond acceptors (Lipinski definition) is 2. The first-order valence-corrected chi connectivity index (χ1v) is 13.1. The number of amides is 2. The SMILES string of the molecule is O=C(NCCC1=CCCCC1)[C@H](c1ccccc1)N(Cc1ccccc1)C(=O)CCc1ccccc1. The molecule has 3 aromatic rings. The molecule has 2 amide bonds. The van der Waals surface area contributed by atoms with E-state index in [1.165, 1.54) is 18.4 Å². The van der Waals surface area contributed by atoms with Gasteiger partial charge in [-0.25, -0.2) is 0 Å². The molecular formula is C32H36N2O2. The van der Waals surface area contributed by atoms with Crippen LogP contribution in [0.15, 0.2) is 103 Å². The van der Waals surface area contributed by atoms with E-state index in [9.17, 15) is 9.59 Å². The number of benzene rings is 3. The topological polar surface area (TPSA) is 49.4 Å². The van der Waals surface area contributed by atoms with Crippen LogP contribution in [0, 0.1) is 0 Å². The summed E-state index contributed by atoms with van der Waals surface area (Å²) in [6, 6.07) is 28.9. The Hall–Kier alpha value is -3.66. The Kier molecular flexibility index (Phi) is 9.49. The molecule has 0 fully saturated rings. The van der Waals surface area contributed by atoms with Crippen molar-refractivity contribution in [1.82, 2.24) is 10.2 Å². The summed E-state index contributed by atoms with van der Waals surface area (Å²) < 4.78 is 0. The summed E-state index contributed by atoms with van der Waals surface area (Å²) in [5, 5.41) is 3.15. The summed E-state index contributed by atoms with van der Waals surface area (Å²) in [4.78, 5) is 29.1. The van der Waals surface area contributed by atoms with Crippen LogP contribution in [0.4, 0.5) is 0 Å². The molecule has 4 nitrogen and oxygen atoms in total. The van der Waals surface area contributed by atoms with Crippen molar-refractivity contribution in [2.24, 2.45) is 0 Å². The molecule has 186 valence electrons. The van der Waals surface area contributed by atoms with Gasteiger partial charge in [-0.15, -0.1) is 0 Å². The third-order valence-corrected chi connectivity index (χ3v) is 6.79. The number of rotatable bonds is 11. The minimum absolute atomic E-state index is 0.0262. The molecule has 4 heteroatoms. The monoisotopic (exact) mass is 480 g/mol. The van der Waals surface area contributed by atoms with Crippen molar-refractivity contribution in [3.8, 4) is 0 Å². The van der Waals surface area contributed by atoms with Crippen LogP contribution in [0.1, 0.15) is 61.3 Å². The maximum atomic E-state index is 13.7. The van der Waals surface area contributed by atoms with E-state index in [1.54, 1.807) is 4.90 Å². The van der Waals surface area contributed by atoms with E-state index in [4.69, 9.17) is 0 Å². The highest BCUT2D eigenvalue weighted by atomic mass is 16.2. The van der Waals surface area contributed by atoms with Gasteiger partial charge in [-0.3, -0.25) is 9.59 Å². The second kappa shape index (κ2) is 13.4. The van der Waals surface area contributed by atoms with Crippen molar-refractivity contribution in [3.05, 3.63) is 119 Å². The predicted octanol–water partition coefficient (Wildman–Crippen LogP) is 6.40. The molecule has 1 aliphatic rings. The van der Waals surface area contributed by atoms with Gasteiger partial charge in [0.1, 0.15) is 6.04 Å². The highest BCUT2D eigenvalue weighted by molar-refractivity contribution is 5.88. The maximum Gasteiger partial charge on any atom is 0.247 e. The molecule has 0 radical (unpaired) electrons. The molecular weight excluding hydrogens is 444 g/mol. The number of nitrogens with one attached hydrogen (secondary N) is 1. The summed E-state index contributed by atoms with van der Waals surface area (Å²) in [6.45, 7) is 0.970. The van der Waals surface area contributed by atoms with Crippen LogP contribution in [-0.4, -0.2) is 23.3 Å². The van der Waals surface area contributed by atoms with Crippen LogP contribution < -0.4 is 5.32 Å². The number of aryl methyl sites for hydroxylation is 1. The van der Waals surface area contributed by atoms with Crippen LogP contribution in [-0.2, 0) is 22.6 Å². The molecule has 0 heterocycles. The first-order chi connectivity index (χ1) is 17.7. The van der Waals surface area contributed by atoms with E-state index in [0.29, 0.717) is 25.9 Å². The van der Waals surface area contributed by atoms with Crippen molar-refractivity contribution in [2.75, 3.05) is 6.54 Å². The van der Waals surface area contributed by atoms with Gasteiger partial charge >= 0.3 is 0 Å². The second-order valence-corrected chi connectivity index (χ2v) is 9.46. The van der Waals surface area contributed by atoms with Crippen molar-refractivity contribution in [1.29, 1.82) is 0 Å². The smallest absolute Gasteiger partial charge is 0.247 e. The third kappa shape index (κ3) is 7.42. The minimum Gasteiger partial charge on any atom is -0.354 e. The van der Waals surface area contributed by atoms with Gasteiger partial charge in [0.25, 0.3) is 0 Å². The van der Waals surface area contributed by atoms with E-state index in [1.807, 2.05) is 91.0 Å². The Bertz CT molecular complexity index is 1130. The van der Waals surface area contributed by atoms with Crippen LogP contribution in [0.25, 0.3) is 0 Å². The Balaban J connectivity index is 1.55. The first kappa shape index (κ1) is 25.4. The Labute approximate surface area is 215 Å². The maximum absolute atomic E-state index is 13.7. The lowest BCUT2D eigenvalue weighted by Gasteiger charge is -2.32. The van der Waals surface area contributed by atoms with Crippen LogP contribution in [0.5, 0.6) is 0 Å². The molecule has 1 aliphatic carbocycles. The summed E-state index contributed by atoms with van der Waals surface area (Å²) in [5.41, 5.74) is 4.38. The normalized spacial score (nSPS) is 13.9. The van der Waals surface area contributed by atoms with Gasteiger partial charge in [0, 0.05) is 19.5 Å². The number of allylic oxidation sites excluding steroid dienone is 1. The van der Waals surface area contributed by atoms with Crippen molar-refractivity contribution in [3.63, 3.8) is 0 Å². The highest BCUT2D eigenvalue weighted by Gasteiger charge is 2.31. The number of carbonyl (C=O) groups excluding carboxylic acids is 2. The molecule has 36 heavy (non-hydrogen) atoms. The van der Waals surface area contributed by atoms with Crippen LogP contribution in [0.2, 0.25) is 0 Å². The zero-order chi connectivity index (χ0) is 25.0. The zero-order valence-electron chi connectivity index (χ0n) is 20.9. The van der Waals surface area contributed by atoms with Gasteiger partial charge in [0.15, 0.2) is 0 Å². The second-order valence-electron chi connectivity index (χ2n) is 9.46. The lowest BCUT2D eigenvalue weighted by molar-refractivity contribution is -0.141. The van der Waals surface area contributed by atoms with E-state index < -0.39 is 6.04 Å². The van der Waals surface area contributed by atoms with E-state index in [-0.39, 0.29) is 11.8 Å². The van der Waals surface area contributed by atoms with Crippen molar-refractivity contribution >= 4 is 11.8 Å². The summed E-state index contributed by atoms with van der Waals surface area (Å²) in [6.07, 6.45) is 8.92. The first-order valence-electron chi connectivity index (χ1n) is 13.1. The molecule has 0 unspecified atom stereocenters. The predicted molar refractivity (Wildman–Crippen MR) is 145 cm³/mol. The fraction of sp³-hybridized carbons (Fsp3) is 0.312. The molecule has 0 aromatic heterocycles. The molecule has 0 spiro atoms. The summed E-state index contributed by atoms with van der Waals surface area (Å²) >= 11 is 0. The van der Waals surface area contributed by atoms with Gasteiger partial charge in [0.05, 0.1) is 0 Å². The largest absolute Gasteiger partial charge is 0.354 e. The zero-order valence-corrected chi connectivity index (χ0v) is 20.9. The highest BCUT2D eigenvalue weighted by Crippen LogP contribution is 2.26. The average molecular weight is 481 g/mol. The summed E-state index contributed by atoms with van der Waals surface area (Å²) in [5.74, 6) is -0.150. The van der Waals surface area contributed by atoms with Crippen molar-refractivity contribution < 1.29 is 9.59 Å².